The quantitative estimate of drug-likeness (QED) is 0.720. The Morgan fingerprint density at radius 2 is 1.70 bits per heavy atom. The highest BCUT2D eigenvalue weighted by atomic mass is 16.4. The Labute approximate surface area is 121 Å². The summed E-state index contributed by atoms with van der Waals surface area (Å²) in [4.78, 5) is 22.6. The van der Waals surface area contributed by atoms with E-state index in [4.69, 9.17) is 5.11 Å². The fourth-order valence-corrected chi connectivity index (χ4v) is 3.40. The molecule has 0 aromatic heterocycles. The van der Waals surface area contributed by atoms with Gasteiger partial charge in [0, 0.05) is 30.0 Å². The molecule has 1 unspecified atom stereocenters. The number of carboxylic acids is 1. The number of carbonyl (C=O) groups is 2. The lowest BCUT2D eigenvalue weighted by atomic mass is 9.79. The van der Waals surface area contributed by atoms with Crippen LogP contribution in [-0.4, -0.2) is 34.1 Å². The molecule has 1 rings (SSSR count). The van der Waals surface area contributed by atoms with Crippen LogP contribution in [0.2, 0.25) is 0 Å². The van der Waals surface area contributed by atoms with Gasteiger partial charge in [-0.15, -0.1) is 0 Å². The van der Waals surface area contributed by atoms with E-state index in [1.807, 2.05) is 0 Å². The molecule has 0 aliphatic carbocycles. The zero-order valence-electron chi connectivity index (χ0n) is 13.2. The molecule has 5 nitrogen and oxygen atoms in total. The summed E-state index contributed by atoms with van der Waals surface area (Å²) in [6, 6.07) is 0.144. The molecule has 0 aromatic rings. The molecule has 0 saturated carbocycles. The highest BCUT2D eigenvalue weighted by Gasteiger charge is 2.38. The number of carbonyl (C=O) groups excluding carboxylic acids is 1. The third-order valence-electron chi connectivity index (χ3n) is 3.61. The Bertz CT molecular complexity index is 361. The zero-order chi connectivity index (χ0) is 15.6. The van der Waals surface area contributed by atoms with E-state index >= 15 is 0 Å². The first-order valence-electron chi connectivity index (χ1n) is 7.30. The summed E-state index contributed by atoms with van der Waals surface area (Å²) in [5, 5.41) is 15.4. The lowest BCUT2D eigenvalue weighted by Gasteiger charge is -2.46. The van der Waals surface area contributed by atoms with Crippen molar-refractivity contribution in [1.82, 2.24) is 10.6 Å². The van der Waals surface area contributed by atoms with Gasteiger partial charge >= 0.3 is 5.97 Å². The second kappa shape index (κ2) is 6.12. The highest BCUT2D eigenvalue weighted by Crippen LogP contribution is 2.28. The summed E-state index contributed by atoms with van der Waals surface area (Å²) in [7, 11) is 0. The first kappa shape index (κ1) is 17.0. The lowest BCUT2D eigenvalue weighted by Crippen LogP contribution is -2.62. The molecule has 3 N–H and O–H groups in total. The van der Waals surface area contributed by atoms with Crippen molar-refractivity contribution < 1.29 is 14.7 Å². The van der Waals surface area contributed by atoms with E-state index in [1.54, 1.807) is 6.92 Å². The van der Waals surface area contributed by atoms with E-state index < -0.39 is 5.97 Å². The number of aliphatic carboxylic acids is 1. The summed E-state index contributed by atoms with van der Waals surface area (Å²) in [5.41, 5.74) is -0.0151. The van der Waals surface area contributed by atoms with E-state index in [0.29, 0.717) is 0 Å². The average molecular weight is 284 g/mol. The topological polar surface area (TPSA) is 78.4 Å². The lowest BCUT2D eigenvalue weighted by molar-refractivity contribution is -0.138. The average Bonchev–Trinajstić information content (AvgIpc) is 2.08. The Morgan fingerprint density at radius 3 is 2.15 bits per heavy atom. The SMILES string of the molecule is CC(CC(=O)O)CC(=O)NC1CC(C)(C)NC(C)(C)C1. The molecule has 0 radical (unpaired) electrons. The van der Waals surface area contributed by atoms with Crippen molar-refractivity contribution in [2.24, 2.45) is 5.92 Å². The van der Waals surface area contributed by atoms with Crippen LogP contribution in [0.15, 0.2) is 0 Å². The Hall–Kier alpha value is -1.10. The minimum absolute atomic E-state index is 0.00756. The second-order valence-corrected chi connectivity index (χ2v) is 7.47. The van der Waals surface area contributed by atoms with Crippen molar-refractivity contribution in [1.29, 1.82) is 0 Å². The molecule has 0 aromatic carbocycles. The molecular formula is C15H28N2O3. The van der Waals surface area contributed by atoms with Gasteiger partial charge in [-0.05, 0) is 46.5 Å². The number of rotatable bonds is 5. The van der Waals surface area contributed by atoms with Gasteiger partial charge in [0.25, 0.3) is 0 Å². The van der Waals surface area contributed by atoms with Gasteiger partial charge in [0.2, 0.25) is 5.91 Å². The maximum absolute atomic E-state index is 12.0. The molecule has 20 heavy (non-hydrogen) atoms. The van der Waals surface area contributed by atoms with Crippen LogP contribution in [0.5, 0.6) is 0 Å². The van der Waals surface area contributed by atoms with Crippen LogP contribution < -0.4 is 10.6 Å². The van der Waals surface area contributed by atoms with Crippen LogP contribution in [0.1, 0.15) is 60.3 Å². The minimum Gasteiger partial charge on any atom is -0.481 e. The molecule has 0 spiro atoms. The second-order valence-electron chi connectivity index (χ2n) is 7.47. The van der Waals surface area contributed by atoms with Crippen molar-refractivity contribution in [3.63, 3.8) is 0 Å². The smallest absolute Gasteiger partial charge is 0.303 e. The predicted molar refractivity (Wildman–Crippen MR) is 78.5 cm³/mol. The van der Waals surface area contributed by atoms with Gasteiger partial charge in [-0.2, -0.15) is 0 Å². The van der Waals surface area contributed by atoms with Crippen LogP contribution >= 0.6 is 0 Å². The number of nitrogens with one attached hydrogen (secondary N) is 2. The molecule has 116 valence electrons. The molecule has 1 heterocycles. The van der Waals surface area contributed by atoms with Crippen molar-refractivity contribution in [2.75, 3.05) is 0 Å². The summed E-state index contributed by atoms with van der Waals surface area (Å²) >= 11 is 0. The summed E-state index contributed by atoms with van der Waals surface area (Å²) in [6.45, 7) is 10.4. The Morgan fingerprint density at radius 1 is 1.20 bits per heavy atom. The number of piperidine rings is 1. The largest absolute Gasteiger partial charge is 0.481 e. The van der Waals surface area contributed by atoms with E-state index in [9.17, 15) is 9.59 Å². The summed E-state index contributed by atoms with van der Waals surface area (Å²) in [5.74, 6) is -1.03. The Balaban J connectivity index is 2.51. The van der Waals surface area contributed by atoms with Crippen LogP contribution in [-0.2, 0) is 9.59 Å². The number of hydrogen-bond acceptors (Lipinski definition) is 3. The van der Waals surface area contributed by atoms with Gasteiger partial charge in [0.15, 0.2) is 0 Å². The Kier molecular flexibility index (Phi) is 5.19. The van der Waals surface area contributed by atoms with Crippen LogP contribution in [0, 0.1) is 5.92 Å². The van der Waals surface area contributed by atoms with Gasteiger partial charge in [-0.1, -0.05) is 6.92 Å². The zero-order valence-corrected chi connectivity index (χ0v) is 13.2. The van der Waals surface area contributed by atoms with Crippen molar-refractivity contribution in [3.8, 4) is 0 Å². The first-order chi connectivity index (χ1) is 8.99. The molecule has 5 heteroatoms. The molecular weight excluding hydrogens is 256 g/mol. The van der Waals surface area contributed by atoms with Gasteiger partial charge in [-0.3, -0.25) is 9.59 Å². The third-order valence-corrected chi connectivity index (χ3v) is 3.61. The monoisotopic (exact) mass is 284 g/mol. The molecule has 1 saturated heterocycles. The van der Waals surface area contributed by atoms with E-state index in [-0.39, 0.29) is 41.8 Å². The third kappa shape index (κ3) is 5.90. The predicted octanol–water partition coefficient (Wildman–Crippen LogP) is 1.91. The van der Waals surface area contributed by atoms with Crippen LogP contribution in [0.25, 0.3) is 0 Å². The number of carboxylic acid groups (broad SMARTS) is 1. The van der Waals surface area contributed by atoms with Gasteiger partial charge in [0.1, 0.15) is 0 Å². The van der Waals surface area contributed by atoms with E-state index in [1.165, 1.54) is 0 Å². The molecule has 0 bridgehead atoms. The summed E-state index contributed by atoms with van der Waals surface area (Å²) < 4.78 is 0. The van der Waals surface area contributed by atoms with Gasteiger partial charge in [-0.25, -0.2) is 0 Å². The van der Waals surface area contributed by atoms with Crippen molar-refractivity contribution >= 4 is 11.9 Å². The normalized spacial score (nSPS) is 23.1. The molecule has 1 aliphatic heterocycles. The first-order valence-corrected chi connectivity index (χ1v) is 7.30. The number of hydrogen-bond donors (Lipinski definition) is 3. The van der Waals surface area contributed by atoms with Crippen LogP contribution in [0.4, 0.5) is 0 Å². The highest BCUT2D eigenvalue weighted by molar-refractivity contribution is 5.77. The van der Waals surface area contributed by atoms with E-state index in [2.05, 4.69) is 38.3 Å². The molecule has 1 atom stereocenters. The molecule has 1 aliphatic rings. The van der Waals surface area contributed by atoms with Gasteiger partial charge < -0.3 is 15.7 Å². The van der Waals surface area contributed by atoms with Crippen molar-refractivity contribution in [3.05, 3.63) is 0 Å². The van der Waals surface area contributed by atoms with Crippen molar-refractivity contribution in [2.45, 2.75) is 77.4 Å². The summed E-state index contributed by atoms with van der Waals surface area (Å²) in [6.07, 6.45) is 2.08. The number of amides is 1. The maximum Gasteiger partial charge on any atom is 0.303 e. The fourth-order valence-electron chi connectivity index (χ4n) is 3.40. The standard InChI is InChI=1S/C15H28N2O3/c1-10(7-13(19)20)6-12(18)16-11-8-14(2,3)17-15(4,5)9-11/h10-11,17H,6-9H2,1-5H3,(H,16,18)(H,19,20). The molecule has 1 amide bonds. The van der Waals surface area contributed by atoms with Crippen LogP contribution in [0.3, 0.4) is 0 Å². The maximum atomic E-state index is 12.0. The van der Waals surface area contributed by atoms with Gasteiger partial charge in [0.05, 0.1) is 0 Å². The molecule has 1 fully saturated rings. The minimum atomic E-state index is -0.852. The fraction of sp³-hybridized carbons (Fsp3) is 0.867. The van der Waals surface area contributed by atoms with E-state index in [0.717, 1.165) is 12.8 Å².